The van der Waals surface area contributed by atoms with Gasteiger partial charge in [0.2, 0.25) is 0 Å². The first kappa shape index (κ1) is 30.1. The predicted molar refractivity (Wildman–Crippen MR) is 126 cm³/mol. The lowest BCUT2D eigenvalue weighted by Gasteiger charge is -2.42. The molecule has 0 radical (unpaired) electrons. The van der Waals surface area contributed by atoms with Crippen molar-refractivity contribution in [2.24, 2.45) is 17.8 Å². The number of carboxylic acid groups (broad SMARTS) is 3. The van der Waals surface area contributed by atoms with Gasteiger partial charge in [0.1, 0.15) is 17.8 Å². The molecule has 3 unspecified atom stereocenters. The number of unbranched alkanes of at least 4 members (excludes halogenated alkanes) is 7. The van der Waals surface area contributed by atoms with Crippen molar-refractivity contribution in [3.63, 3.8) is 0 Å². The largest absolute Gasteiger partial charge is 0.481 e. The van der Waals surface area contributed by atoms with Crippen LogP contribution in [-0.4, -0.2) is 63.9 Å². The average Bonchev–Trinajstić information content (AvgIpc) is 2.71. The van der Waals surface area contributed by atoms with Gasteiger partial charge in [-0.15, -0.1) is 0 Å². The maximum absolute atomic E-state index is 11.5. The minimum atomic E-state index is -0.942. The molecule has 0 saturated heterocycles. The Labute approximate surface area is 194 Å². The molecule has 0 rings (SSSR count). The van der Waals surface area contributed by atoms with Crippen molar-refractivity contribution < 1.29 is 34.2 Å². The summed E-state index contributed by atoms with van der Waals surface area (Å²) in [6, 6.07) is 0. The average molecular weight is 457 g/mol. The zero-order chi connectivity index (χ0) is 24.6. The Morgan fingerprint density at radius 1 is 0.656 bits per heavy atom. The predicted octanol–water partition coefficient (Wildman–Crippen LogP) is 5.05. The van der Waals surface area contributed by atoms with E-state index >= 15 is 0 Å². The quantitative estimate of drug-likeness (QED) is 0.134. The Balaban J connectivity index is 4.99. The molecule has 0 aromatic rings. The number of quaternary nitrogens is 1. The number of hydrogen-bond donors (Lipinski definition) is 3. The normalized spacial score (nSPS) is 16.4. The van der Waals surface area contributed by atoms with Crippen LogP contribution in [0.3, 0.4) is 0 Å². The molecule has 3 atom stereocenters. The maximum atomic E-state index is 11.5. The van der Waals surface area contributed by atoms with Gasteiger partial charge in [-0.3, -0.25) is 14.4 Å². The van der Waals surface area contributed by atoms with Crippen LogP contribution in [0, 0.1) is 17.8 Å². The summed E-state index contributed by atoms with van der Waals surface area (Å²) in [4.78, 5) is 34.6. The second kappa shape index (κ2) is 16.7. The zero-order valence-electron chi connectivity index (χ0n) is 20.6. The Morgan fingerprint density at radius 2 is 1.03 bits per heavy atom. The fourth-order valence-corrected chi connectivity index (χ4v) is 4.29. The number of aliphatic carboxylic acids is 3. The Hall–Kier alpha value is -1.89. The number of carboxylic acids is 3. The highest BCUT2D eigenvalue weighted by molar-refractivity contribution is 5.70. The van der Waals surface area contributed by atoms with E-state index in [0.29, 0.717) is 6.54 Å². The van der Waals surface area contributed by atoms with Gasteiger partial charge in [-0.2, -0.15) is 0 Å². The number of carbonyl (C=O) groups is 3. The van der Waals surface area contributed by atoms with Crippen LogP contribution in [0.1, 0.15) is 85.5 Å². The third-order valence-corrected chi connectivity index (χ3v) is 6.14. The SMILES string of the molecule is CCCCCC/C=C/CCCCC[N+](CC(C)C(=O)O)(CC(C)C(=O)O)CC(C)C(=O)O. The molecule has 32 heavy (non-hydrogen) atoms. The van der Waals surface area contributed by atoms with Gasteiger partial charge in [-0.25, -0.2) is 0 Å². The first-order valence-electron chi connectivity index (χ1n) is 12.2. The Morgan fingerprint density at radius 3 is 1.38 bits per heavy atom. The highest BCUT2D eigenvalue weighted by atomic mass is 16.4. The third-order valence-electron chi connectivity index (χ3n) is 6.14. The lowest BCUT2D eigenvalue weighted by molar-refractivity contribution is -0.934. The van der Waals surface area contributed by atoms with E-state index in [9.17, 15) is 29.7 Å². The smallest absolute Gasteiger partial charge is 0.311 e. The van der Waals surface area contributed by atoms with Gasteiger partial charge in [0.25, 0.3) is 0 Å². The van der Waals surface area contributed by atoms with Gasteiger partial charge < -0.3 is 19.8 Å². The van der Waals surface area contributed by atoms with Crippen LogP contribution in [0.4, 0.5) is 0 Å². The van der Waals surface area contributed by atoms with Crippen molar-refractivity contribution in [3.8, 4) is 0 Å². The van der Waals surface area contributed by atoms with E-state index in [0.717, 1.165) is 32.1 Å². The van der Waals surface area contributed by atoms with Gasteiger partial charge in [0, 0.05) is 0 Å². The van der Waals surface area contributed by atoms with E-state index in [2.05, 4.69) is 19.1 Å². The van der Waals surface area contributed by atoms with Crippen molar-refractivity contribution in [1.82, 2.24) is 0 Å². The van der Waals surface area contributed by atoms with Crippen molar-refractivity contribution >= 4 is 17.9 Å². The van der Waals surface area contributed by atoms with Crippen LogP contribution in [0.25, 0.3) is 0 Å². The van der Waals surface area contributed by atoms with E-state index in [1.165, 1.54) is 25.7 Å². The fraction of sp³-hybridized carbons (Fsp3) is 0.800. The van der Waals surface area contributed by atoms with E-state index in [4.69, 9.17) is 0 Å². The summed E-state index contributed by atoms with van der Waals surface area (Å²) in [6.45, 7) is 8.34. The molecule has 0 aliphatic heterocycles. The second-order valence-electron chi connectivity index (χ2n) is 9.50. The Bertz CT molecular complexity index is 534. The summed E-state index contributed by atoms with van der Waals surface area (Å²) < 4.78 is 0.210. The summed E-state index contributed by atoms with van der Waals surface area (Å²) in [5, 5.41) is 28.3. The molecule has 0 bridgehead atoms. The van der Waals surface area contributed by atoms with Gasteiger partial charge in [0.05, 0.1) is 26.2 Å². The van der Waals surface area contributed by atoms with Crippen molar-refractivity contribution in [1.29, 1.82) is 0 Å². The molecule has 0 heterocycles. The van der Waals surface area contributed by atoms with Gasteiger partial charge in [0.15, 0.2) is 0 Å². The van der Waals surface area contributed by atoms with Gasteiger partial charge in [-0.05, 0) is 59.3 Å². The highest BCUT2D eigenvalue weighted by Gasteiger charge is 2.38. The molecule has 7 nitrogen and oxygen atoms in total. The molecule has 0 fully saturated rings. The third kappa shape index (κ3) is 13.5. The van der Waals surface area contributed by atoms with E-state index in [-0.39, 0.29) is 24.1 Å². The summed E-state index contributed by atoms with van der Waals surface area (Å²) in [7, 11) is 0. The molecular weight excluding hydrogens is 410 g/mol. The number of hydrogen-bond acceptors (Lipinski definition) is 3. The molecule has 0 aromatic carbocycles. The van der Waals surface area contributed by atoms with Crippen molar-refractivity contribution in [3.05, 3.63) is 12.2 Å². The molecular formula is C25H46NO6+. The zero-order valence-corrected chi connectivity index (χ0v) is 20.6. The first-order valence-corrected chi connectivity index (χ1v) is 12.2. The molecule has 186 valence electrons. The van der Waals surface area contributed by atoms with E-state index in [1.54, 1.807) is 20.8 Å². The highest BCUT2D eigenvalue weighted by Crippen LogP contribution is 2.22. The van der Waals surface area contributed by atoms with Crippen LogP contribution >= 0.6 is 0 Å². The number of nitrogens with zero attached hydrogens (tertiary/aromatic N) is 1. The number of rotatable bonds is 20. The summed E-state index contributed by atoms with van der Waals surface area (Å²) in [6.07, 6.45) is 14.4. The molecule has 0 aliphatic carbocycles. The minimum absolute atomic E-state index is 0.210. The van der Waals surface area contributed by atoms with Crippen LogP contribution < -0.4 is 0 Å². The molecule has 0 aromatic heterocycles. The van der Waals surface area contributed by atoms with Crippen LogP contribution in [-0.2, 0) is 14.4 Å². The molecule has 0 spiro atoms. The van der Waals surface area contributed by atoms with E-state index < -0.39 is 35.7 Å². The number of allylic oxidation sites excluding steroid dienone is 2. The Kier molecular flexibility index (Phi) is 15.7. The second-order valence-corrected chi connectivity index (χ2v) is 9.50. The lowest BCUT2D eigenvalue weighted by atomic mass is 10.0. The van der Waals surface area contributed by atoms with Crippen LogP contribution in [0.15, 0.2) is 12.2 Å². The van der Waals surface area contributed by atoms with Crippen molar-refractivity contribution in [2.75, 3.05) is 26.2 Å². The van der Waals surface area contributed by atoms with Crippen molar-refractivity contribution in [2.45, 2.75) is 85.5 Å². The monoisotopic (exact) mass is 456 g/mol. The topological polar surface area (TPSA) is 112 Å². The van der Waals surface area contributed by atoms with Crippen LogP contribution in [0.5, 0.6) is 0 Å². The van der Waals surface area contributed by atoms with Gasteiger partial charge >= 0.3 is 17.9 Å². The molecule has 7 heteroatoms. The summed E-state index contributed by atoms with van der Waals surface area (Å²) in [5.41, 5.74) is 0. The first-order chi connectivity index (χ1) is 15.0. The van der Waals surface area contributed by atoms with Gasteiger partial charge in [-0.1, -0.05) is 38.3 Å². The molecule has 3 N–H and O–H groups in total. The maximum Gasteiger partial charge on any atom is 0.311 e. The minimum Gasteiger partial charge on any atom is -0.481 e. The van der Waals surface area contributed by atoms with E-state index in [1.807, 2.05) is 0 Å². The lowest BCUT2D eigenvalue weighted by Crippen LogP contribution is -2.57. The van der Waals surface area contributed by atoms with Crippen LogP contribution in [0.2, 0.25) is 0 Å². The summed E-state index contributed by atoms with van der Waals surface area (Å²) in [5.74, 6) is -4.85. The molecule has 0 aliphatic rings. The summed E-state index contributed by atoms with van der Waals surface area (Å²) >= 11 is 0. The standard InChI is InChI=1S/C25H45NO6/c1-5-6-7-8-9-10-11-12-13-14-15-16-26(17-20(2)23(27)28,18-21(3)24(29)30)19-22(4)25(31)32/h10-11,20-22H,5-9,12-19H2,1-4H3,(H2-,27,28,29,30,31,32)/p+1/b11-10+. The molecule has 0 amide bonds. The fourth-order valence-electron chi connectivity index (χ4n) is 4.29. The molecule has 0 saturated carbocycles.